The SMILES string of the molecule is Fc1ccc2c(Br)cnc(OCC3CCCN3)c2c1. The second-order valence-electron chi connectivity index (χ2n) is 4.71. The number of pyridine rings is 1. The number of hydrogen-bond donors (Lipinski definition) is 1. The van der Waals surface area contributed by atoms with Crippen molar-refractivity contribution in [3.63, 3.8) is 0 Å². The van der Waals surface area contributed by atoms with Crippen molar-refractivity contribution in [1.29, 1.82) is 0 Å². The van der Waals surface area contributed by atoms with Crippen LogP contribution in [0, 0.1) is 5.82 Å². The van der Waals surface area contributed by atoms with Crippen LogP contribution in [0.4, 0.5) is 4.39 Å². The first kappa shape index (κ1) is 12.8. The van der Waals surface area contributed by atoms with Crippen molar-refractivity contribution in [3.05, 3.63) is 34.7 Å². The highest BCUT2D eigenvalue weighted by molar-refractivity contribution is 9.10. The van der Waals surface area contributed by atoms with Gasteiger partial charge in [-0.2, -0.15) is 0 Å². The molecule has 1 aromatic carbocycles. The van der Waals surface area contributed by atoms with Gasteiger partial charge in [-0.15, -0.1) is 0 Å². The van der Waals surface area contributed by atoms with E-state index in [1.165, 1.54) is 18.6 Å². The molecule has 1 N–H and O–H groups in total. The Kier molecular flexibility index (Phi) is 3.66. The molecular formula is C14H14BrFN2O. The molecule has 1 aliphatic heterocycles. The Morgan fingerprint density at radius 2 is 2.32 bits per heavy atom. The summed E-state index contributed by atoms with van der Waals surface area (Å²) in [6.07, 6.45) is 3.98. The fourth-order valence-corrected chi connectivity index (χ4v) is 2.80. The van der Waals surface area contributed by atoms with Crippen LogP contribution in [0.5, 0.6) is 5.88 Å². The number of nitrogens with zero attached hydrogens (tertiary/aromatic N) is 1. The average Bonchev–Trinajstić information content (AvgIpc) is 2.91. The minimum absolute atomic E-state index is 0.281. The fraction of sp³-hybridized carbons (Fsp3) is 0.357. The number of fused-ring (bicyclic) bond motifs is 1. The molecule has 1 saturated heterocycles. The summed E-state index contributed by atoms with van der Waals surface area (Å²) < 4.78 is 20.0. The Morgan fingerprint density at radius 3 is 3.11 bits per heavy atom. The summed E-state index contributed by atoms with van der Waals surface area (Å²) in [4.78, 5) is 4.24. The summed E-state index contributed by atoms with van der Waals surface area (Å²) in [7, 11) is 0. The lowest BCUT2D eigenvalue weighted by Crippen LogP contribution is -2.28. The average molecular weight is 325 g/mol. The molecule has 2 heterocycles. The van der Waals surface area contributed by atoms with Crippen molar-refractivity contribution in [3.8, 4) is 5.88 Å². The number of aromatic nitrogens is 1. The van der Waals surface area contributed by atoms with Crippen LogP contribution in [0.25, 0.3) is 10.8 Å². The molecule has 0 radical (unpaired) electrons. The minimum Gasteiger partial charge on any atom is -0.476 e. The smallest absolute Gasteiger partial charge is 0.221 e. The van der Waals surface area contributed by atoms with Crippen molar-refractivity contribution < 1.29 is 9.13 Å². The number of benzene rings is 1. The van der Waals surface area contributed by atoms with Crippen molar-refractivity contribution in [1.82, 2.24) is 10.3 Å². The molecular weight excluding hydrogens is 311 g/mol. The van der Waals surface area contributed by atoms with E-state index in [1.54, 1.807) is 12.3 Å². The van der Waals surface area contributed by atoms with Crippen LogP contribution in [-0.4, -0.2) is 24.2 Å². The Morgan fingerprint density at radius 1 is 1.42 bits per heavy atom. The van der Waals surface area contributed by atoms with Crippen molar-refractivity contribution in [2.45, 2.75) is 18.9 Å². The first-order chi connectivity index (χ1) is 9.24. The quantitative estimate of drug-likeness (QED) is 0.940. The van der Waals surface area contributed by atoms with E-state index >= 15 is 0 Å². The minimum atomic E-state index is -0.281. The van der Waals surface area contributed by atoms with Crippen molar-refractivity contribution in [2.75, 3.05) is 13.2 Å². The third kappa shape index (κ3) is 2.72. The molecule has 2 aromatic rings. The van der Waals surface area contributed by atoms with Crippen LogP contribution < -0.4 is 10.1 Å². The van der Waals surface area contributed by atoms with Gasteiger partial charge in [0, 0.05) is 27.5 Å². The number of nitrogens with one attached hydrogen (secondary N) is 1. The summed E-state index contributed by atoms with van der Waals surface area (Å²) in [6, 6.07) is 5.01. The third-order valence-electron chi connectivity index (χ3n) is 3.35. The second kappa shape index (κ2) is 5.43. The lowest BCUT2D eigenvalue weighted by Gasteiger charge is -2.13. The van der Waals surface area contributed by atoms with E-state index in [2.05, 4.69) is 26.2 Å². The maximum atomic E-state index is 13.4. The molecule has 1 fully saturated rings. The van der Waals surface area contributed by atoms with Gasteiger partial charge >= 0.3 is 0 Å². The van der Waals surface area contributed by atoms with Gasteiger partial charge in [-0.25, -0.2) is 9.37 Å². The molecule has 1 atom stereocenters. The predicted octanol–water partition coefficient (Wildman–Crippen LogP) is 3.27. The Hall–Kier alpha value is -1.20. The molecule has 1 aliphatic rings. The molecule has 19 heavy (non-hydrogen) atoms. The maximum Gasteiger partial charge on any atom is 0.221 e. The summed E-state index contributed by atoms with van der Waals surface area (Å²) in [5.41, 5.74) is 0. The summed E-state index contributed by atoms with van der Waals surface area (Å²) in [5.74, 6) is 0.211. The molecule has 0 amide bonds. The zero-order chi connectivity index (χ0) is 13.2. The Labute approximate surface area is 119 Å². The van der Waals surface area contributed by atoms with Gasteiger partial charge in [-0.1, -0.05) is 6.07 Å². The molecule has 0 spiro atoms. The lowest BCUT2D eigenvalue weighted by molar-refractivity contribution is 0.271. The zero-order valence-corrected chi connectivity index (χ0v) is 11.9. The number of halogens is 2. The van der Waals surface area contributed by atoms with Crippen LogP contribution in [-0.2, 0) is 0 Å². The summed E-state index contributed by atoms with van der Waals surface area (Å²) in [5, 5.41) is 4.97. The summed E-state index contributed by atoms with van der Waals surface area (Å²) in [6.45, 7) is 1.61. The molecule has 0 saturated carbocycles. The highest BCUT2D eigenvalue weighted by atomic mass is 79.9. The topological polar surface area (TPSA) is 34.1 Å². The largest absolute Gasteiger partial charge is 0.476 e. The molecule has 1 unspecified atom stereocenters. The maximum absolute atomic E-state index is 13.4. The van der Waals surface area contributed by atoms with Crippen molar-refractivity contribution >= 4 is 26.7 Å². The van der Waals surface area contributed by atoms with Crippen LogP contribution >= 0.6 is 15.9 Å². The molecule has 0 aliphatic carbocycles. The normalized spacial score (nSPS) is 18.9. The van der Waals surface area contributed by atoms with Gasteiger partial charge in [-0.3, -0.25) is 0 Å². The predicted molar refractivity (Wildman–Crippen MR) is 75.9 cm³/mol. The lowest BCUT2D eigenvalue weighted by atomic mass is 10.1. The molecule has 5 heteroatoms. The van der Waals surface area contributed by atoms with Crippen molar-refractivity contribution in [2.24, 2.45) is 0 Å². The van der Waals surface area contributed by atoms with E-state index in [-0.39, 0.29) is 5.82 Å². The van der Waals surface area contributed by atoms with E-state index in [4.69, 9.17) is 4.74 Å². The second-order valence-corrected chi connectivity index (χ2v) is 5.56. The number of rotatable bonds is 3. The van der Waals surface area contributed by atoms with Crippen LogP contribution in [0.2, 0.25) is 0 Å². The van der Waals surface area contributed by atoms with E-state index in [1.807, 2.05) is 0 Å². The third-order valence-corrected chi connectivity index (χ3v) is 3.98. The zero-order valence-electron chi connectivity index (χ0n) is 10.3. The van der Waals surface area contributed by atoms with Crippen LogP contribution in [0.15, 0.2) is 28.9 Å². The van der Waals surface area contributed by atoms with Gasteiger partial charge in [0.2, 0.25) is 5.88 Å². The molecule has 0 bridgehead atoms. The van der Waals surface area contributed by atoms with E-state index in [0.717, 1.165) is 22.8 Å². The Bertz CT molecular complexity index is 599. The number of hydrogen-bond acceptors (Lipinski definition) is 3. The van der Waals surface area contributed by atoms with Gasteiger partial charge in [0.15, 0.2) is 0 Å². The van der Waals surface area contributed by atoms with Gasteiger partial charge in [0.05, 0.1) is 0 Å². The first-order valence-corrected chi connectivity index (χ1v) is 7.13. The van der Waals surface area contributed by atoms with Crippen LogP contribution in [0.1, 0.15) is 12.8 Å². The standard InChI is InChI=1S/C14H14BrFN2O/c15-13-7-18-14(19-8-10-2-1-5-17-10)12-6-9(16)3-4-11(12)13/h3-4,6-7,10,17H,1-2,5,8H2. The van der Waals surface area contributed by atoms with E-state index < -0.39 is 0 Å². The fourth-order valence-electron chi connectivity index (χ4n) is 2.35. The first-order valence-electron chi connectivity index (χ1n) is 6.34. The molecule has 1 aromatic heterocycles. The van der Waals surface area contributed by atoms with Gasteiger partial charge in [0.25, 0.3) is 0 Å². The molecule has 3 rings (SSSR count). The van der Waals surface area contributed by atoms with Gasteiger partial charge in [-0.05, 0) is 47.4 Å². The monoisotopic (exact) mass is 324 g/mol. The van der Waals surface area contributed by atoms with E-state index in [9.17, 15) is 4.39 Å². The van der Waals surface area contributed by atoms with Gasteiger partial charge < -0.3 is 10.1 Å². The summed E-state index contributed by atoms with van der Waals surface area (Å²) >= 11 is 3.42. The van der Waals surface area contributed by atoms with Gasteiger partial charge in [0.1, 0.15) is 12.4 Å². The molecule has 3 nitrogen and oxygen atoms in total. The molecule has 100 valence electrons. The Balaban J connectivity index is 1.89. The highest BCUT2D eigenvalue weighted by Gasteiger charge is 2.16. The number of ether oxygens (including phenoxy) is 1. The van der Waals surface area contributed by atoms with E-state index in [0.29, 0.717) is 23.9 Å². The van der Waals surface area contributed by atoms with Crippen LogP contribution in [0.3, 0.4) is 0 Å². The highest BCUT2D eigenvalue weighted by Crippen LogP contribution is 2.30.